The highest BCUT2D eigenvalue weighted by Crippen LogP contribution is 2.42. The smallest absolute Gasteiger partial charge is 0.135 e. The number of pyridine rings is 3. The lowest BCUT2D eigenvalue weighted by molar-refractivity contribution is 0.346. The normalized spacial score (nSPS) is 17.8. The molecule has 0 fully saturated rings. The topological polar surface area (TPSA) is 119 Å². The molecule has 0 spiro atoms. The number of fused-ring (bicyclic) bond motifs is 2. The number of nitrogen functional groups attached to an aromatic ring is 1. The van der Waals surface area contributed by atoms with Crippen LogP contribution in [-0.2, 0) is 19.0 Å². The van der Waals surface area contributed by atoms with Crippen LogP contribution in [0.25, 0.3) is 22.2 Å². The average molecular weight is 416 g/mol. The van der Waals surface area contributed by atoms with E-state index < -0.39 is 0 Å². The second-order valence-corrected chi connectivity index (χ2v) is 7.92. The number of anilines is 3. The van der Waals surface area contributed by atoms with Crippen molar-refractivity contribution in [1.29, 1.82) is 0 Å². The SMILES string of the molecule is CC[C@@]1(NC)CCc2c1ccnc2Nc1cc2cc(-c3cnnn3C)nc(N)c2cn1. The minimum atomic E-state index is 0.0116. The number of nitrogens with one attached hydrogen (secondary N) is 2. The summed E-state index contributed by atoms with van der Waals surface area (Å²) in [5.74, 6) is 1.99. The van der Waals surface area contributed by atoms with E-state index in [4.69, 9.17) is 5.73 Å². The van der Waals surface area contributed by atoms with Crippen LogP contribution in [0.4, 0.5) is 17.5 Å². The zero-order chi connectivity index (χ0) is 21.6. The Balaban J connectivity index is 1.54. The number of nitrogens with two attached hydrogens (primary N) is 1. The van der Waals surface area contributed by atoms with Crippen molar-refractivity contribution in [2.75, 3.05) is 18.1 Å². The first-order chi connectivity index (χ1) is 15.0. The van der Waals surface area contributed by atoms with Gasteiger partial charge >= 0.3 is 0 Å². The second-order valence-electron chi connectivity index (χ2n) is 7.92. The molecule has 4 heterocycles. The molecular formula is C22H25N9. The van der Waals surface area contributed by atoms with Crippen LogP contribution in [0.2, 0.25) is 0 Å². The fraction of sp³-hybridized carbons (Fsp3) is 0.318. The fourth-order valence-corrected chi connectivity index (χ4v) is 4.59. The third kappa shape index (κ3) is 3.09. The van der Waals surface area contributed by atoms with Gasteiger partial charge in [-0.15, -0.1) is 5.10 Å². The van der Waals surface area contributed by atoms with Gasteiger partial charge in [0.15, 0.2) is 0 Å². The van der Waals surface area contributed by atoms with Gasteiger partial charge in [-0.2, -0.15) is 0 Å². The van der Waals surface area contributed by atoms with Gasteiger partial charge in [0.05, 0.1) is 11.9 Å². The lowest BCUT2D eigenvalue weighted by Crippen LogP contribution is -2.37. The summed E-state index contributed by atoms with van der Waals surface area (Å²) in [6, 6.07) is 6.08. The molecule has 1 aliphatic rings. The number of nitrogens with zero attached hydrogens (tertiary/aromatic N) is 6. The summed E-state index contributed by atoms with van der Waals surface area (Å²) < 4.78 is 1.67. The quantitative estimate of drug-likeness (QED) is 0.455. The van der Waals surface area contributed by atoms with Gasteiger partial charge < -0.3 is 16.4 Å². The van der Waals surface area contributed by atoms with E-state index >= 15 is 0 Å². The van der Waals surface area contributed by atoms with Crippen LogP contribution < -0.4 is 16.4 Å². The van der Waals surface area contributed by atoms with Crippen molar-refractivity contribution in [2.45, 2.75) is 31.7 Å². The Labute approximate surface area is 180 Å². The molecule has 0 amide bonds. The van der Waals surface area contributed by atoms with E-state index in [9.17, 15) is 0 Å². The minimum Gasteiger partial charge on any atom is -0.383 e. The van der Waals surface area contributed by atoms with Gasteiger partial charge in [-0.05, 0) is 55.5 Å². The maximum Gasteiger partial charge on any atom is 0.135 e. The average Bonchev–Trinajstić information content (AvgIpc) is 3.38. The molecule has 5 rings (SSSR count). The molecule has 158 valence electrons. The molecule has 9 heteroatoms. The molecule has 1 atom stereocenters. The molecule has 0 aliphatic heterocycles. The molecule has 1 aliphatic carbocycles. The molecule has 4 N–H and O–H groups in total. The van der Waals surface area contributed by atoms with Gasteiger partial charge in [0, 0.05) is 35.9 Å². The lowest BCUT2D eigenvalue weighted by Gasteiger charge is -2.28. The summed E-state index contributed by atoms with van der Waals surface area (Å²) in [5, 5.41) is 16.6. The molecule has 0 aromatic carbocycles. The predicted molar refractivity (Wildman–Crippen MR) is 121 cm³/mol. The fourth-order valence-electron chi connectivity index (χ4n) is 4.59. The Morgan fingerprint density at radius 1 is 1.23 bits per heavy atom. The zero-order valence-corrected chi connectivity index (χ0v) is 17.8. The van der Waals surface area contributed by atoms with E-state index in [2.05, 4.69) is 48.9 Å². The third-order valence-corrected chi connectivity index (χ3v) is 6.42. The van der Waals surface area contributed by atoms with Crippen LogP contribution in [0, 0.1) is 0 Å². The zero-order valence-electron chi connectivity index (χ0n) is 17.8. The van der Waals surface area contributed by atoms with E-state index in [1.165, 1.54) is 11.1 Å². The number of aryl methyl sites for hydroxylation is 1. The van der Waals surface area contributed by atoms with E-state index in [1.807, 2.05) is 32.4 Å². The van der Waals surface area contributed by atoms with Crippen LogP contribution in [0.1, 0.15) is 30.9 Å². The number of aromatic nitrogens is 6. The largest absolute Gasteiger partial charge is 0.383 e. The van der Waals surface area contributed by atoms with Crippen LogP contribution >= 0.6 is 0 Å². The van der Waals surface area contributed by atoms with Crippen molar-refractivity contribution in [3.05, 3.63) is 47.9 Å². The van der Waals surface area contributed by atoms with Gasteiger partial charge in [0.1, 0.15) is 23.1 Å². The van der Waals surface area contributed by atoms with Crippen LogP contribution in [0.15, 0.2) is 36.8 Å². The molecule has 0 bridgehead atoms. The Hall–Kier alpha value is -3.59. The molecule has 0 radical (unpaired) electrons. The lowest BCUT2D eigenvalue weighted by atomic mass is 9.90. The van der Waals surface area contributed by atoms with E-state index in [-0.39, 0.29) is 5.54 Å². The molecule has 31 heavy (non-hydrogen) atoms. The highest BCUT2D eigenvalue weighted by Gasteiger charge is 2.37. The maximum atomic E-state index is 6.21. The predicted octanol–water partition coefficient (Wildman–Crippen LogP) is 2.92. The number of hydrogen-bond acceptors (Lipinski definition) is 8. The van der Waals surface area contributed by atoms with E-state index in [0.29, 0.717) is 11.6 Å². The summed E-state index contributed by atoms with van der Waals surface area (Å²) in [4.78, 5) is 13.7. The van der Waals surface area contributed by atoms with Crippen molar-refractivity contribution >= 4 is 28.2 Å². The molecule has 9 nitrogen and oxygen atoms in total. The molecule has 0 unspecified atom stereocenters. The van der Waals surface area contributed by atoms with Crippen molar-refractivity contribution in [3.8, 4) is 11.4 Å². The first-order valence-electron chi connectivity index (χ1n) is 10.4. The van der Waals surface area contributed by atoms with E-state index in [1.54, 1.807) is 17.1 Å². The molecule has 4 aromatic heterocycles. The number of hydrogen-bond donors (Lipinski definition) is 3. The van der Waals surface area contributed by atoms with Crippen molar-refractivity contribution in [2.24, 2.45) is 7.05 Å². The Kier molecular flexibility index (Phi) is 4.55. The second kappa shape index (κ2) is 7.28. The molecule has 0 saturated heterocycles. The maximum absolute atomic E-state index is 6.21. The Morgan fingerprint density at radius 2 is 2.10 bits per heavy atom. The van der Waals surface area contributed by atoms with Crippen LogP contribution in [0.5, 0.6) is 0 Å². The van der Waals surface area contributed by atoms with Crippen molar-refractivity contribution in [3.63, 3.8) is 0 Å². The van der Waals surface area contributed by atoms with Gasteiger partial charge in [-0.1, -0.05) is 12.1 Å². The Bertz CT molecular complexity index is 1270. The number of rotatable bonds is 5. The van der Waals surface area contributed by atoms with Crippen LogP contribution in [0.3, 0.4) is 0 Å². The van der Waals surface area contributed by atoms with E-state index in [0.717, 1.165) is 47.2 Å². The highest BCUT2D eigenvalue weighted by molar-refractivity contribution is 5.94. The first-order valence-corrected chi connectivity index (χ1v) is 10.4. The van der Waals surface area contributed by atoms with Gasteiger partial charge in [-0.3, -0.25) is 0 Å². The molecule has 0 saturated carbocycles. The summed E-state index contributed by atoms with van der Waals surface area (Å²) >= 11 is 0. The van der Waals surface area contributed by atoms with Gasteiger partial charge in [0.25, 0.3) is 0 Å². The summed E-state index contributed by atoms with van der Waals surface area (Å²) in [5.41, 5.74) is 10.3. The molecule has 4 aromatic rings. The minimum absolute atomic E-state index is 0.0116. The summed E-state index contributed by atoms with van der Waals surface area (Å²) in [7, 11) is 3.86. The van der Waals surface area contributed by atoms with Gasteiger partial charge in [-0.25, -0.2) is 19.6 Å². The Morgan fingerprint density at radius 3 is 2.84 bits per heavy atom. The third-order valence-electron chi connectivity index (χ3n) is 6.42. The standard InChI is InChI=1S/C22H25N9/c1-4-22(24-2)7-5-14-16(22)6-8-25-21(14)29-19-10-13-9-17(18-12-27-30-31(18)3)28-20(23)15(13)11-26-19/h6,8-12,24H,4-5,7H2,1-3H3,(H2,23,28)(H,25,26,29)/t22-/m1/s1. The van der Waals surface area contributed by atoms with Crippen molar-refractivity contribution < 1.29 is 0 Å². The first kappa shape index (κ1) is 19.4. The van der Waals surface area contributed by atoms with Crippen LogP contribution in [-0.4, -0.2) is 37.0 Å². The summed E-state index contributed by atoms with van der Waals surface area (Å²) in [6.45, 7) is 2.22. The monoisotopic (exact) mass is 415 g/mol. The molecular weight excluding hydrogens is 390 g/mol. The highest BCUT2D eigenvalue weighted by atomic mass is 15.4. The van der Waals surface area contributed by atoms with Gasteiger partial charge in [0.2, 0.25) is 0 Å². The van der Waals surface area contributed by atoms with Crippen molar-refractivity contribution in [1.82, 2.24) is 35.3 Å². The summed E-state index contributed by atoms with van der Waals surface area (Å²) in [6.07, 6.45) is 8.36.